The number of rotatable bonds is 6. The van der Waals surface area contributed by atoms with Gasteiger partial charge in [0.2, 0.25) is 5.91 Å². The lowest BCUT2D eigenvalue weighted by atomic mass is 10.1. The number of methoxy groups -OCH3 is 1. The van der Waals surface area contributed by atoms with Crippen LogP contribution in [0.1, 0.15) is 35.0 Å². The van der Waals surface area contributed by atoms with Gasteiger partial charge in [-0.1, -0.05) is 12.1 Å². The van der Waals surface area contributed by atoms with Crippen LogP contribution in [0.2, 0.25) is 0 Å². The second kappa shape index (κ2) is 7.76. The van der Waals surface area contributed by atoms with E-state index in [1.54, 1.807) is 18.4 Å². The fourth-order valence-electron chi connectivity index (χ4n) is 3.34. The number of aromatic nitrogens is 1. The molecule has 0 bridgehead atoms. The number of carbonyl (C=O) groups excluding carboxylic acids is 1. The Hall–Kier alpha value is -1.92. The molecule has 0 N–H and O–H groups in total. The van der Waals surface area contributed by atoms with Crippen molar-refractivity contribution < 1.29 is 9.53 Å². The van der Waals surface area contributed by atoms with Gasteiger partial charge in [0.25, 0.3) is 0 Å². The Morgan fingerprint density at radius 1 is 1.19 bits per heavy atom. The van der Waals surface area contributed by atoms with E-state index >= 15 is 0 Å². The van der Waals surface area contributed by atoms with Crippen LogP contribution in [-0.2, 0) is 17.8 Å². The molecule has 4 rings (SSSR count). The summed E-state index contributed by atoms with van der Waals surface area (Å²) in [5, 5.41) is 3.44. The smallest absolute Gasteiger partial charge is 0.227 e. The first-order valence-electron chi connectivity index (χ1n) is 9.28. The number of piperazine rings is 1. The molecule has 1 aromatic carbocycles. The summed E-state index contributed by atoms with van der Waals surface area (Å²) in [5.41, 5.74) is 2.33. The largest absolute Gasteiger partial charge is 0.497 e. The Morgan fingerprint density at radius 2 is 1.92 bits per heavy atom. The number of thiazole rings is 1. The van der Waals surface area contributed by atoms with Crippen molar-refractivity contribution in [1.82, 2.24) is 14.8 Å². The van der Waals surface area contributed by atoms with E-state index in [2.05, 4.69) is 10.3 Å². The SMILES string of the molecule is COc1ccc(CC(=O)N2CCN(Cc3nc(C4CC4)cs3)CC2)cc1. The Morgan fingerprint density at radius 3 is 2.58 bits per heavy atom. The predicted molar refractivity (Wildman–Crippen MR) is 103 cm³/mol. The Labute approximate surface area is 158 Å². The molecule has 0 radical (unpaired) electrons. The van der Waals surface area contributed by atoms with Crippen LogP contribution in [0.15, 0.2) is 29.6 Å². The molecule has 1 aliphatic heterocycles. The molecular weight excluding hydrogens is 346 g/mol. The molecule has 26 heavy (non-hydrogen) atoms. The molecule has 2 heterocycles. The van der Waals surface area contributed by atoms with E-state index in [9.17, 15) is 4.79 Å². The van der Waals surface area contributed by atoms with E-state index in [4.69, 9.17) is 9.72 Å². The van der Waals surface area contributed by atoms with Gasteiger partial charge in [0.15, 0.2) is 0 Å². The first-order valence-corrected chi connectivity index (χ1v) is 10.2. The summed E-state index contributed by atoms with van der Waals surface area (Å²) in [6, 6.07) is 7.74. The normalized spacial score (nSPS) is 18.1. The number of nitrogens with zero attached hydrogens (tertiary/aromatic N) is 3. The second-order valence-corrected chi connectivity index (χ2v) is 8.06. The van der Waals surface area contributed by atoms with E-state index < -0.39 is 0 Å². The van der Waals surface area contributed by atoms with Crippen molar-refractivity contribution in [2.75, 3.05) is 33.3 Å². The monoisotopic (exact) mass is 371 g/mol. The van der Waals surface area contributed by atoms with Crippen LogP contribution in [0.25, 0.3) is 0 Å². The van der Waals surface area contributed by atoms with Crippen molar-refractivity contribution in [3.63, 3.8) is 0 Å². The molecule has 0 spiro atoms. The molecule has 2 aliphatic rings. The highest BCUT2D eigenvalue weighted by molar-refractivity contribution is 7.09. The van der Waals surface area contributed by atoms with Crippen molar-refractivity contribution in [2.24, 2.45) is 0 Å². The zero-order chi connectivity index (χ0) is 17.9. The Balaban J connectivity index is 1.24. The molecule has 138 valence electrons. The predicted octanol–water partition coefficient (Wildman–Crippen LogP) is 2.92. The third-order valence-corrected chi connectivity index (χ3v) is 6.02. The molecule has 1 saturated carbocycles. The average Bonchev–Trinajstić information content (AvgIpc) is 3.42. The van der Waals surface area contributed by atoms with E-state index in [-0.39, 0.29) is 5.91 Å². The summed E-state index contributed by atoms with van der Waals surface area (Å²) < 4.78 is 5.16. The lowest BCUT2D eigenvalue weighted by Crippen LogP contribution is -2.48. The van der Waals surface area contributed by atoms with E-state index in [1.165, 1.54) is 23.5 Å². The fourth-order valence-corrected chi connectivity index (χ4v) is 4.26. The highest BCUT2D eigenvalue weighted by atomic mass is 32.1. The molecule has 1 aliphatic carbocycles. The molecule has 1 aromatic heterocycles. The molecule has 1 amide bonds. The van der Waals surface area contributed by atoms with Crippen LogP contribution < -0.4 is 4.74 Å². The van der Waals surface area contributed by atoms with Gasteiger partial charge in [-0.3, -0.25) is 9.69 Å². The van der Waals surface area contributed by atoms with Gasteiger partial charge in [-0.25, -0.2) is 4.98 Å². The minimum Gasteiger partial charge on any atom is -0.497 e. The molecule has 1 saturated heterocycles. The lowest BCUT2D eigenvalue weighted by Gasteiger charge is -2.34. The molecule has 5 nitrogen and oxygen atoms in total. The topological polar surface area (TPSA) is 45.7 Å². The van der Waals surface area contributed by atoms with Crippen LogP contribution in [0.5, 0.6) is 5.75 Å². The molecule has 6 heteroatoms. The first-order chi connectivity index (χ1) is 12.7. The minimum atomic E-state index is 0.208. The zero-order valence-corrected chi connectivity index (χ0v) is 16.0. The lowest BCUT2D eigenvalue weighted by molar-refractivity contribution is -0.132. The first kappa shape index (κ1) is 17.5. The van der Waals surface area contributed by atoms with E-state index in [0.717, 1.165) is 50.0 Å². The van der Waals surface area contributed by atoms with Gasteiger partial charge in [-0.2, -0.15) is 0 Å². The quantitative estimate of drug-likeness (QED) is 0.783. The molecular formula is C20H25N3O2S. The average molecular weight is 372 g/mol. The van der Waals surface area contributed by atoms with Crippen LogP contribution in [0, 0.1) is 0 Å². The molecule has 0 atom stereocenters. The van der Waals surface area contributed by atoms with Gasteiger partial charge >= 0.3 is 0 Å². The van der Waals surface area contributed by atoms with Crippen molar-refractivity contribution in [1.29, 1.82) is 0 Å². The van der Waals surface area contributed by atoms with Gasteiger partial charge in [-0.05, 0) is 30.5 Å². The fraction of sp³-hybridized carbons (Fsp3) is 0.500. The number of hydrogen-bond acceptors (Lipinski definition) is 5. The van der Waals surface area contributed by atoms with E-state index in [1.807, 2.05) is 29.2 Å². The number of benzene rings is 1. The molecule has 0 unspecified atom stereocenters. The third kappa shape index (κ3) is 4.24. The summed E-state index contributed by atoms with van der Waals surface area (Å²) in [5.74, 6) is 1.76. The van der Waals surface area contributed by atoms with Crippen molar-refractivity contribution in [3.8, 4) is 5.75 Å². The summed E-state index contributed by atoms with van der Waals surface area (Å²) >= 11 is 1.78. The van der Waals surface area contributed by atoms with E-state index in [0.29, 0.717) is 6.42 Å². The number of hydrogen-bond donors (Lipinski definition) is 0. The standard InChI is InChI=1S/C20H25N3O2S/c1-25-17-6-2-15(3-7-17)12-20(24)23-10-8-22(9-11-23)13-19-21-18(14-26-19)16-4-5-16/h2-3,6-7,14,16H,4-5,8-13H2,1H3. The number of carbonyl (C=O) groups is 1. The summed E-state index contributed by atoms with van der Waals surface area (Å²) in [4.78, 5) is 21.7. The minimum absolute atomic E-state index is 0.208. The second-order valence-electron chi connectivity index (χ2n) is 7.12. The molecule has 2 fully saturated rings. The van der Waals surface area contributed by atoms with Crippen LogP contribution in [-0.4, -0.2) is 54.0 Å². The van der Waals surface area contributed by atoms with Crippen molar-refractivity contribution in [2.45, 2.75) is 31.7 Å². The Bertz CT molecular complexity index is 747. The van der Waals surface area contributed by atoms with Crippen LogP contribution >= 0.6 is 11.3 Å². The summed E-state index contributed by atoms with van der Waals surface area (Å²) in [6.45, 7) is 4.36. The van der Waals surface area contributed by atoms with Gasteiger partial charge in [0.1, 0.15) is 10.8 Å². The maximum atomic E-state index is 12.5. The van der Waals surface area contributed by atoms with Crippen LogP contribution in [0.4, 0.5) is 0 Å². The number of ether oxygens (including phenoxy) is 1. The Kier molecular flexibility index (Phi) is 5.22. The maximum absolute atomic E-state index is 12.5. The van der Waals surface area contributed by atoms with Crippen molar-refractivity contribution >= 4 is 17.2 Å². The van der Waals surface area contributed by atoms with Gasteiger partial charge in [0.05, 0.1) is 25.8 Å². The van der Waals surface area contributed by atoms with Gasteiger partial charge in [-0.15, -0.1) is 11.3 Å². The summed E-state index contributed by atoms with van der Waals surface area (Å²) in [7, 11) is 1.65. The highest BCUT2D eigenvalue weighted by Crippen LogP contribution is 2.40. The van der Waals surface area contributed by atoms with Gasteiger partial charge < -0.3 is 9.64 Å². The maximum Gasteiger partial charge on any atom is 0.227 e. The van der Waals surface area contributed by atoms with Gasteiger partial charge in [0, 0.05) is 37.5 Å². The molecule has 2 aromatic rings. The van der Waals surface area contributed by atoms with Crippen LogP contribution in [0.3, 0.4) is 0 Å². The number of amides is 1. The third-order valence-electron chi connectivity index (χ3n) is 5.16. The highest BCUT2D eigenvalue weighted by Gasteiger charge is 2.27. The summed E-state index contributed by atoms with van der Waals surface area (Å²) in [6.07, 6.45) is 3.07. The van der Waals surface area contributed by atoms with Crippen molar-refractivity contribution in [3.05, 3.63) is 45.9 Å². The zero-order valence-electron chi connectivity index (χ0n) is 15.2.